The molecule has 0 spiro atoms. The van der Waals surface area contributed by atoms with Gasteiger partial charge in [0.05, 0.1) is 18.6 Å². The van der Waals surface area contributed by atoms with Crippen molar-refractivity contribution in [3.8, 4) is 11.5 Å². The van der Waals surface area contributed by atoms with Gasteiger partial charge in [-0.25, -0.2) is 13.1 Å². The van der Waals surface area contributed by atoms with Crippen LogP contribution in [0.4, 0.5) is 0 Å². The zero-order chi connectivity index (χ0) is 21.4. The average molecular weight is 421 g/mol. The van der Waals surface area contributed by atoms with Crippen LogP contribution in [0, 0.1) is 13.8 Å². The minimum absolute atomic E-state index is 0.0215. The molecule has 0 heterocycles. The number of carbonyl (C=O) groups is 1. The van der Waals surface area contributed by atoms with Crippen LogP contribution in [0.5, 0.6) is 11.5 Å². The summed E-state index contributed by atoms with van der Waals surface area (Å²) in [5, 5.41) is 2.77. The molecule has 0 bridgehead atoms. The molecule has 1 amide bonds. The molecule has 0 aliphatic rings. The molecule has 2 aromatic carbocycles. The maximum atomic E-state index is 12.3. The van der Waals surface area contributed by atoms with Crippen LogP contribution in [0.3, 0.4) is 0 Å². The van der Waals surface area contributed by atoms with E-state index < -0.39 is 10.0 Å². The SMILES string of the molecule is CCOc1ccc(CNC(=O)CCNS(=O)(=O)c2ccc(C)c(C)c2)cc1OC. The van der Waals surface area contributed by atoms with Gasteiger partial charge in [-0.05, 0) is 61.7 Å². The highest BCUT2D eigenvalue weighted by Crippen LogP contribution is 2.27. The number of nitrogens with one attached hydrogen (secondary N) is 2. The summed E-state index contributed by atoms with van der Waals surface area (Å²) in [7, 11) is -2.08. The molecule has 0 atom stereocenters. The fraction of sp³-hybridized carbons (Fsp3) is 0.381. The van der Waals surface area contributed by atoms with Gasteiger partial charge in [-0.1, -0.05) is 12.1 Å². The van der Waals surface area contributed by atoms with Crippen molar-refractivity contribution >= 4 is 15.9 Å². The van der Waals surface area contributed by atoms with E-state index in [-0.39, 0.29) is 23.8 Å². The van der Waals surface area contributed by atoms with E-state index in [4.69, 9.17) is 9.47 Å². The third-order valence-corrected chi connectivity index (χ3v) is 5.91. The highest BCUT2D eigenvalue weighted by atomic mass is 32.2. The zero-order valence-electron chi connectivity index (χ0n) is 17.2. The largest absolute Gasteiger partial charge is 0.493 e. The summed E-state index contributed by atoms with van der Waals surface area (Å²) in [5.41, 5.74) is 2.78. The van der Waals surface area contributed by atoms with Crippen LogP contribution in [0.1, 0.15) is 30.0 Å². The lowest BCUT2D eigenvalue weighted by Gasteiger charge is -2.12. The van der Waals surface area contributed by atoms with E-state index in [1.165, 1.54) is 0 Å². The van der Waals surface area contributed by atoms with Crippen LogP contribution >= 0.6 is 0 Å². The van der Waals surface area contributed by atoms with Crippen LogP contribution in [-0.4, -0.2) is 34.6 Å². The first-order chi connectivity index (χ1) is 13.8. The quantitative estimate of drug-likeness (QED) is 0.616. The fourth-order valence-electron chi connectivity index (χ4n) is 2.65. The van der Waals surface area contributed by atoms with Crippen molar-refractivity contribution in [2.24, 2.45) is 0 Å². The highest BCUT2D eigenvalue weighted by molar-refractivity contribution is 7.89. The molecule has 8 heteroatoms. The second kappa shape index (κ2) is 10.3. The summed E-state index contributed by atoms with van der Waals surface area (Å²) in [6, 6.07) is 10.4. The van der Waals surface area contributed by atoms with E-state index in [0.717, 1.165) is 16.7 Å². The van der Waals surface area contributed by atoms with E-state index >= 15 is 0 Å². The van der Waals surface area contributed by atoms with Gasteiger partial charge in [0, 0.05) is 19.5 Å². The van der Waals surface area contributed by atoms with Crippen molar-refractivity contribution in [3.63, 3.8) is 0 Å². The van der Waals surface area contributed by atoms with Crippen molar-refractivity contribution in [2.75, 3.05) is 20.3 Å². The maximum Gasteiger partial charge on any atom is 0.240 e. The predicted octanol–water partition coefficient (Wildman–Crippen LogP) is 2.70. The lowest BCUT2D eigenvalue weighted by molar-refractivity contribution is -0.121. The molecule has 0 radical (unpaired) electrons. The smallest absolute Gasteiger partial charge is 0.240 e. The van der Waals surface area contributed by atoms with Gasteiger partial charge in [0.1, 0.15) is 0 Å². The second-order valence-corrected chi connectivity index (χ2v) is 8.36. The molecule has 0 unspecified atom stereocenters. The number of methoxy groups -OCH3 is 1. The molecule has 0 aromatic heterocycles. The Bertz CT molecular complexity index is 958. The minimum atomic E-state index is -3.64. The number of carbonyl (C=O) groups excluding carboxylic acids is 1. The van der Waals surface area contributed by atoms with Crippen molar-refractivity contribution in [1.29, 1.82) is 0 Å². The summed E-state index contributed by atoms with van der Waals surface area (Å²) < 4.78 is 37.9. The molecular weight excluding hydrogens is 392 g/mol. The Morgan fingerprint density at radius 2 is 1.79 bits per heavy atom. The number of hydrogen-bond acceptors (Lipinski definition) is 5. The highest BCUT2D eigenvalue weighted by Gasteiger charge is 2.15. The Morgan fingerprint density at radius 3 is 2.45 bits per heavy atom. The lowest BCUT2D eigenvalue weighted by Crippen LogP contribution is -2.30. The van der Waals surface area contributed by atoms with E-state index in [0.29, 0.717) is 24.7 Å². The minimum Gasteiger partial charge on any atom is -0.493 e. The Balaban J connectivity index is 1.84. The summed E-state index contributed by atoms with van der Waals surface area (Å²) >= 11 is 0. The molecule has 0 saturated heterocycles. The Hall–Kier alpha value is -2.58. The molecule has 29 heavy (non-hydrogen) atoms. The van der Waals surface area contributed by atoms with Crippen molar-refractivity contribution < 1.29 is 22.7 Å². The van der Waals surface area contributed by atoms with Gasteiger partial charge in [0.2, 0.25) is 15.9 Å². The first-order valence-corrected chi connectivity index (χ1v) is 10.9. The topological polar surface area (TPSA) is 93.7 Å². The summed E-state index contributed by atoms with van der Waals surface area (Å²) in [5.74, 6) is 0.992. The first kappa shape index (κ1) is 22.7. The number of benzene rings is 2. The van der Waals surface area contributed by atoms with Crippen molar-refractivity contribution in [1.82, 2.24) is 10.0 Å². The normalized spacial score (nSPS) is 11.2. The van der Waals surface area contributed by atoms with Crippen LogP contribution in [0.25, 0.3) is 0 Å². The predicted molar refractivity (Wildman–Crippen MR) is 112 cm³/mol. The summed E-state index contributed by atoms with van der Waals surface area (Å²) in [6.07, 6.45) is 0.0399. The van der Waals surface area contributed by atoms with E-state index in [1.54, 1.807) is 37.4 Å². The number of sulfonamides is 1. The monoisotopic (exact) mass is 420 g/mol. The first-order valence-electron chi connectivity index (χ1n) is 9.40. The lowest BCUT2D eigenvalue weighted by atomic mass is 10.1. The van der Waals surface area contributed by atoms with Gasteiger partial charge < -0.3 is 14.8 Å². The number of ether oxygens (including phenoxy) is 2. The standard InChI is InChI=1S/C21H28N2O5S/c1-5-28-19-9-7-17(13-20(19)27-4)14-22-21(24)10-11-23-29(25,26)18-8-6-15(2)16(3)12-18/h6-9,12-13,23H,5,10-11,14H2,1-4H3,(H,22,24). The van der Waals surface area contributed by atoms with Gasteiger partial charge >= 0.3 is 0 Å². The Labute approximate surface area is 172 Å². The maximum absolute atomic E-state index is 12.3. The van der Waals surface area contributed by atoms with Gasteiger partial charge in [-0.2, -0.15) is 0 Å². The summed E-state index contributed by atoms with van der Waals surface area (Å²) in [6.45, 7) is 6.53. The molecule has 0 aliphatic carbocycles. The van der Waals surface area contributed by atoms with Crippen LogP contribution in [-0.2, 0) is 21.4 Å². The fourth-order valence-corrected chi connectivity index (χ4v) is 3.77. The van der Waals surface area contributed by atoms with Gasteiger partial charge in [0.15, 0.2) is 11.5 Å². The van der Waals surface area contributed by atoms with Gasteiger partial charge in [0.25, 0.3) is 0 Å². The summed E-state index contributed by atoms with van der Waals surface area (Å²) in [4.78, 5) is 12.3. The number of rotatable bonds is 10. The molecule has 2 N–H and O–H groups in total. The molecule has 0 aliphatic heterocycles. The Morgan fingerprint density at radius 1 is 1.03 bits per heavy atom. The third-order valence-electron chi connectivity index (χ3n) is 4.45. The number of aryl methyl sites for hydroxylation is 2. The van der Waals surface area contributed by atoms with Gasteiger partial charge in [-0.3, -0.25) is 4.79 Å². The van der Waals surface area contributed by atoms with Gasteiger partial charge in [-0.15, -0.1) is 0 Å². The van der Waals surface area contributed by atoms with Crippen molar-refractivity contribution in [3.05, 3.63) is 53.1 Å². The molecule has 2 aromatic rings. The van der Waals surface area contributed by atoms with E-state index in [2.05, 4.69) is 10.0 Å². The molecular formula is C21H28N2O5S. The van der Waals surface area contributed by atoms with Crippen molar-refractivity contribution in [2.45, 2.75) is 38.6 Å². The second-order valence-electron chi connectivity index (χ2n) is 6.59. The molecule has 158 valence electrons. The number of hydrogen-bond donors (Lipinski definition) is 2. The van der Waals surface area contributed by atoms with Crippen LogP contribution in [0.15, 0.2) is 41.3 Å². The van der Waals surface area contributed by atoms with E-state index in [9.17, 15) is 13.2 Å². The third kappa shape index (κ3) is 6.47. The average Bonchev–Trinajstić information content (AvgIpc) is 2.69. The van der Waals surface area contributed by atoms with E-state index in [1.807, 2.05) is 26.8 Å². The zero-order valence-corrected chi connectivity index (χ0v) is 18.1. The Kier molecular flexibility index (Phi) is 8.04. The van der Waals surface area contributed by atoms with Crippen LogP contribution < -0.4 is 19.5 Å². The molecule has 2 rings (SSSR count). The number of amides is 1. The molecule has 7 nitrogen and oxygen atoms in total. The molecule has 0 fully saturated rings. The molecule has 0 saturated carbocycles. The van der Waals surface area contributed by atoms with Crippen LogP contribution in [0.2, 0.25) is 0 Å².